The van der Waals surface area contributed by atoms with Gasteiger partial charge >= 0.3 is 0 Å². The van der Waals surface area contributed by atoms with Gasteiger partial charge in [0.1, 0.15) is 0 Å². The second kappa shape index (κ2) is 4.49. The number of ketones is 1. The Morgan fingerprint density at radius 2 is 2.00 bits per heavy atom. The van der Waals surface area contributed by atoms with E-state index in [1.54, 1.807) is 6.08 Å². The molecular weight excluding hydrogens is 272 g/mol. The summed E-state index contributed by atoms with van der Waals surface area (Å²) in [5, 5.41) is 10.0. The van der Waals surface area contributed by atoms with Crippen LogP contribution in [0.25, 0.3) is 0 Å². The summed E-state index contributed by atoms with van der Waals surface area (Å²) >= 11 is 0. The lowest BCUT2D eigenvalue weighted by atomic mass is 9.48. The fraction of sp³-hybridized carbons (Fsp3) is 0.750. The van der Waals surface area contributed by atoms with Crippen molar-refractivity contribution in [3.8, 4) is 0 Å². The molecule has 0 unspecified atom stereocenters. The summed E-state index contributed by atoms with van der Waals surface area (Å²) in [6, 6.07) is 0. The third-order valence-corrected chi connectivity index (χ3v) is 7.63. The lowest BCUT2D eigenvalue weighted by molar-refractivity contribution is -0.114. The van der Waals surface area contributed by atoms with E-state index in [9.17, 15) is 9.90 Å². The van der Waals surface area contributed by atoms with Gasteiger partial charge in [0.15, 0.2) is 5.76 Å². The van der Waals surface area contributed by atoms with Crippen molar-refractivity contribution in [3.63, 3.8) is 0 Å². The average Bonchev–Trinajstić information content (AvgIpc) is 2.75. The van der Waals surface area contributed by atoms with Gasteiger partial charge in [-0.2, -0.15) is 0 Å². The Hall–Kier alpha value is -1.05. The Morgan fingerprint density at radius 3 is 2.77 bits per heavy atom. The number of fused-ring (bicyclic) bond motifs is 5. The maximum atomic E-state index is 11.8. The molecular formula is C20H28O2. The predicted octanol–water partition coefficient (Wildman–Crippen LogP) is 4.82. The number of allylic oxidation sites excluding steroid dienone is 3. The third-order valence-electron chi connectivity index (χ3n) is 7.63. The van der Waals surface area contributed by atoms with Gasteiger partial charge in [0, 0.05) is 5.41 Å². The molecule has 2 nitrogen and oxygen atoms in total. The number of hydrogen-bond donors (Lipinski definition) is 1. The zero-order chi connectivity index (χ0) is 15.7. The third kappa shape index (κ3) is 1.82. The van der Waals surface area contributed by atoms with E-state index in [1.165, 1.54) is 37.7 Å². The van der Waals surface area contributed by atoms with Crippen LogP contribution in [-0.4, -0.2) is 10.9 Å². The van der Waals surface area contributed by atoms with Gasteiger partial charge in [0.2, 0.25) is 5.78 Å². The van der Waals surface area contributed by atoms with E-state index in [2.05, 4.69) is 20.8 Å². The van der Waals surface area contributed by atoms with Crippen LogP contribution in [0.5, 0.6) is 0 Å². The van der Waals surface area contributed by atoms with Crippen LogP contribution < -0.4 is 0 Å². The van der Waals surface area contributed by atoms with Gasteiger partial charge in [0.05, 0.1) is 0 Å². The van der Waals surface area contributed by atoms with Crippen LogP contribution in [0.3, 0.4) is 0 Å². The fourth-order valence-electron chi connectivity index (χ4n) is 6.70. The molecule has 0 spiro atoms. The van der Waals surface area contributed by atoms with Crippen molar-refractivity contribution < 1.29 is 9.90 Å². The molecule has 0 aromatic heterocycles. The van der Waals surface area contributed by atoms with Crippen molar-refractivity contribution in [2.75, 3.05) is 0 Å². The molecule has 6 atom stereocenters. The molecule has 0 bridgehead atoms. The topological polar surface area (TPSA) is 37.3 Å². The van der Waals surface area contributed by atoms with Gasteiger partial charge in [-0.3, -0.25) is 4.79 Å². The largest absolute Gasteiger partial charge is 0.504 e. The van der Waals surface area contributed by atoms with Crippen LogP contribution in [0.2, 0.25) is 0 Å². The summed E-state index contributed by atoms with van der Waals surface area (Å²) < 4.78 is 0. The van der Waals surface area contributed by atoms with Gasteiger partial charge < -0.3 is 5.11 Å². The Morgan fingerprint density at radius 1 is 1.23 bits per heavy atom. The highest BCUT2D eigenvalue weighted by molar-refractivity contribution is 6.04. The molecule has 0 heterocycles. The molecule has 2 heteroatoms. The van der Waals surface area contributed by atoms with E-state index in [0.29, 0.717) is 11.3 Å². The Labute approximate surface area is 133 Å². The predicted molar refractivity (Wildman–Crippen MR) is 87.4 cm³/mol. The molecule has 22 heavy (non-hydrogen) atoms. The lowest BCUT2D eigenvalue weighted by Gasteiger charge is -2.56. The Kier molecular flexibility index (Phi) is 2.97. The summed E-state index contributed by atoms with van der Waals surface area (Å²) in [6.07, 6.45) is 11.2. The normalized spacial score (nSPS) is 50.6. The summed E-state index contributed by atoms with van der Waals surface area (Å²) in [4.78, 5) is 11.8. The monoisotopic (exact) mass is 300 g/mol. The van der Waals surface area contributed by atoms with E-state index in [0.717, 1.165) is 24.2 Å². The first kappa shape index (κ1) is 14.5. The van der Waals surface area contributed by atoms with Crippen LogP contribution in [0.1, 0.15) is 59.3 Å². The zero-order valence-electron chi connectivity index (χ0n) is 14.1. The molecule has 3 fully saturated rings. The van der Waals surface area contributed by atoms with Crippen molar-refractivity contribution in [1.29, 1.82) is 0 Å². The van der Waals surface area contributed by atoms with E-state index in [-0.39, 0.29) is 17.0 Å². The first-order valence-corrected chi connectivity index (χ1v) is 9.01. The second-order valence-corrected chi connectivity index (χ2v) is 9.00. The molecule has 0 saturated heterocycles. The number of hydrogen-bond acceptors (Lipinski definition) is 2. The van der Waals surface area contributed by atoms with Gasteiger partial charge in [-0.15, -0.1) is 0 Å². The highest BCUT2D eigenvalue weighted by atomic mass is 16.3. The van der Waals surface area contributed by atoms with Crippen molar-refractivity contribution in [1.82, 2.24) is 0 Å². The van der Waals surface area contributed by atoms with Crippen LogP contribution in [0.15, 0.2) is 23.5 Å². The maximum Gasteiger partial charge on any atom is 0.219 e. The first-order valence-electron chi connectivity index (χ1n) is 9.01. The van der Waals surface area contributed by atoms with Gasteiger partial charge in [-0.05, 0) is 79.8 Å². The summed E-state index contributed by atoms with van der Waals surface area (Å²) in [5.41, 5.74) is 1.72. The molecule has 0 amide bonds. The van der Waals surface area contributed by atoms with Crippen molar-refractivity contribution in [2.24, 2.45) is 34.5 Å². The molecule has 0 aliphatic heterocycles. The highest BCUT2D eigenvalue weighted by Gasteiger charge is 2.57. The molecule has 120 valence electrons. The summed E-state index contributed by atoms with van der Waals surface area (Å²) in [7, 11) is 0. The maximum absolute atomic E-state index is 11.8. The van der Waals surface area contributed by atoms with Crippen molar-refractivity contribution >= 4 is 5.78 Å². The smallest absolute Gasteiger partial charge is 0.219 e. The summed E-state index contributed by atoms with van der Waals surface area (Å²) in [5.74, 6) is 2.85. The highest BCUT2D eigenvalue weighted by Crippen LogP contribution is 2.65. The number of aliphatic hydroxyl groups excluding tert-OH is 1. The molecule has 1 N–H and O–H groups in total. The fourth-order valence-corrected chi connectivity index (χ4v) is 6.70. The van der Waals surface area contributed by atoms with Gasteiger partial charge in [-0.1, -0.05) is 26.3 Å². The number of aliphatic hydroxyl groups is 1. The molecule has 0 radical (unpaired) electrons. The van der Waals surface area contributed by atoms with Gasteiger partial charge in [-0.25, -0.2) is 0 Å². The van der Waals surface area contributed by atoms with E-state index < -0.39 is 0 Å². The average molecular weight is 300 g/mol. The standard InChI is InChI=1S/C20H28O2/c1-12-8-16-14-5-4-13-9-17(21)18(22)11-20(13,3)15(14)6-7-19(16,2)10-12/h9,11-12,14-16,22H,4-8,10H2,1-3H3/t12-,14-,15+,16+,19-,20+/m1/s1. The minimum absolute atomic E-state index is 0.0278. The van der Waals surface area contributed by atoms with E-state index in [4.69, 9.17) is 0 Å². The first-order chi connectivity index (χ1) is 10.3. The van der Waals surface area contributed by atoms with Crippen LogP contribution in [0, 0.1) is 34.5 Å². The number of carbonyl (C=O) groups is 1. The number of rotatable bonds is 0. The van der Waals surface area contributed by atoms with E-state index >= 15 is 0 Å². The zero-order valence-corrected chi connectivity index (χ0v) is 14.1. The quantitative estimate of drug-likeness (QED) is 0.696. The molecule has 0 aromatic carbocycles. The van der Waals surface area contributed by atoms with Crippen LogP contribution in [-0.2, 0) is 4.79 Å². The van der Waals surface area contributed by atoms with Crippen molar-refractivity contribution in [2.45, 2.75) is 59.3 Å². The lowest BCUT2D eigenvalue weighted by Crippen LogP contribution is -2.48. The molecule has 0 aromatic rings. The molecule has 4 rings (SSSR count). The summed E-state index contributed by atoms with van der Waals surface area (Å²) in [6.45, 7) is 7.20. The van der Waals surface area contributed by atoms with Crippen molar-refractivity contribution in [3.05, 3.63) is 23.5 Å². The van der Waals surface area contributed by atoms with Crippen LogP contribution >= 0.6 is 0 Å². The molecule has 4 aliphatic carbocycles. The van der Waals surface area contributed by atoms with E-state index in [1.807, 2.05) is 6.08 Å². The Bertz CT molecular complexity index is 587. The number of carbonyl (C=O) groups excluding carboxylic acids is 1. The van der Waals surface area contributed by atoms with Crippen LogP contribution in [0.4, 0.5) is 0 Å². The minimum Gasteiger partial charge on any atom is -0.504 e. The molecule has 3 saturated carbocycles. The minimum atomic E-state index is -0.193. The van der Waals surface area contributed by atoms with Gasteiger partial charge in [0.25, 0.3) is 0 Å². The second-order valence-electron chi connectivity index (χ2n) is 9.00. The SMILES string of the molecule is C[C@@H]1C[C@H]2[C@@H]3CCC4=CC(=O)C(O)=C[C@]4(C)[C@H]3CC[C@]2(C)C1. The Balaban J connectivity index is 1.72. The molecule has 4 aliphatic rings.